The van der Waals surface area contributed by atoms with Gasteiger partial charge in [0.2, 0.25) is 0 Å². The summed E-state index contributed by atoms with van der Waals surface area (Å²) >= 11 is 0. The van der Waals surface area contributed by atoms with Gasteiger partial charge in [-0.2, -0.15) is 0 Å². The first-order valence-corrected chi connectivity index (χ1v) is 6.58. The number of piperazine rings is 1. The highest BCUT2D eigenvalue weighted by Crippen LogP contribution is 2.21. The van der Waals surface area contributed by atoms with Crippen molar-refractivity contribution in [2.45, 2.75) is 31.8 Å². The van der Waals surface area contributed by atoms with Crippen LogP contribution in [0.3, 0.4) is 0 Å². The number of nitrogens with zero attached hydrogens (tertiary/aromatic N) is 2. The fourth-order valence-electron chi connectivity index (χ4n) is 2.72. The first-order chi connectivity index (χ1) is 8.63. The van der Waals surface area contributed by atoms with Crippen LogP contribution in [0, 0.1) is 0 Å². The summed E-state index contributed by atoms with van der Waals surface area (Å²) in [6.45, 7) is 5.29. The lowest BCUT2D eigenvalue weighted by Crippen LogP contribution is -2.57. The van der Waals surface area contributed by atoms with Crippen LogP contribution in [0.1, 0.15) is 19.8 Å². The monoisotopic (exact) mass is 255 g/mol. The molecule has 2 heterocycles. The summed E-state index contributed by atoms with van der Waals surface area (Å²) in [4.78, 5) is 27.6. The summed E-state index contributed by atoms with van der Waals surface area (Å²) in [6.07, 6.45) is 2.31. The minimum absolute atomic E-state index is 0.246. The van der Waals surface area contributed by atoms with Crippen LogP contribution in [-0.2, 0) is 14.3 Å². The Morgan fingerprint density at radius 2 is 2.17 bits per heavy atom. The Kier molecular flexibility index (Phi) is 4.19. The van der Waals surface area contributed by atoms with E-state index in [2.05, 4.69) is 4.90 Å². The summed E-state index contributed by atoms with van der Waals surface area (Å²) in [6, 6.07) is -0.727. The Balaban J connectivity index is 1.91. The van der Waals surface area contributed by atoms with E-state index < -0.39 is 12.0 Å². The first kappa shape index (κ1) is 13.3. The molecule has 2 atom stereocenters. The zero-order chi connectivity index (χ0) is 13.1. The maximum atomic E-state index is 12.1. The van der Waals surface area contributed by atoms with Crippen molar-refractivity contribution in [2.24, 2.45) is 5.73 Å². The second-order valence-corrected chi connectivity index (χ2v) is 4.85. The topological polar surface area (TPSA) is 75.9 Å². The third-order valence-electron chi connectivity index (χ3n) is 3.71. The van der Waals surface area contributed by atoms with Crippen molar-refractivity contribution in [3.63, 3.8) is 0 Å². The molecular formula is C12H21N3O3. The molecule has 6 heteroatoms. The lowest BCUT2D eigenvalue weighted by molar-refractivity contribution is -0.151. The highest BCUT2D eigenvalue weighted by Gasteiger charge is 2.36. The van der Waals surface area contributed by atoms with Crippen LogP contribution in [0.15, 0.2) is 0 Å². The van der Waals surface area contributed by atoms with Crippen LogP contribution in [0.4, 0.5) is 0 Å². The van der Waals surface area contributed by atoms with E-state index in [1.54, 1.807) is 11.8 Å². The Morgan fingerprint density at radius 3 is 2.89 bits per heavy atom. The molecule has 0 bridgehead atoms. The van der Waals surface area contributed by atoms with Crippen LogP contribution < -0.4 is 5.73 Å². The number of hydrogen-bond donors (Lipinski definition) is 1. The quantitative estimate of drug-likeness (QED) is 0.527. The minimum Gasteiger partial charge on any atom is -0.464 e. The molecular weight excluding hydrogens is 234 g/mol. The SMILES string of the molecule is CCOC(=O)C(N)C(=O)N1CCN2CCCC2C1. The predicted molar refractivity (Wildman–Crippen MR) is 65.8 cm³/mol. The third-order valence-corrected chi connectivity index (χ3v) is 3.71. The van der Waals surface area contributed by atoms with Gasteiger partial charge in [-0.3, -0.25) is 9.69 Å². The van der Waals surface area contributed by atoms with E-state index >= 15 is 0 Å². The van der Waals surface area contributed by atoms with E-state index in [1.807, 2.05) is 0 Å². The maximum absolute atomic E-state index is 12.1. The molecule has 6 nitrogen and oxygen atoms in total. The molecule has 0 aromatic heterocycles. The number of amides is 1. The van der Waals surface area contributed by atoms with Crippen LogP contribution in [0.2, 0.25) is 0 Å². The normalized spacial score (nSPS) is 25.7. The van der Waals surface area contributed by atoms with E-state index in [-0.39, 0.29) is 12.5 Å². The van der Waals surface area contributed by atoms with Crippen molar-refractivity contribution in [1.29, 1.82) is 0 Å². The molecule has 0 aromatic rings. The number of carbonyl (C=O) groups is 2. The second-order valence-electron chi connectivity index (χ2n) is 4.85. The van der Waals surface area contributed by atoms with Crippen molar-refractivity contribution in [3.8, 4) is 0 Å². The first-order valence-electron chi connectivity index (χ1n) is 6.58. The zero-order valence-corrected chi connectivity index (χ0v) is 10.8. The number of fused-ring (bicyclic) bond motifs is 1. The second kappa shape index (κ2) is 5.67. The molecule has 1 amide bonds. The van der Waals surface area contributed by atoms with Gasteiger partial charge in [0, 0.05) is 25.7 Å². The Bertz CT molecular complexity index is 335. The van der Waals surface area contributed by atoms with Gasteiger partial charge >= 0.3 is 5.97 Å². The molecule has 0 radical (unpaired) electrons. The molecule has 102 valence electrons. The lowest BCUT2D eigenvalue weighted by atomic mass is 10.1. The third kappa shape index (κ3) is 2.64. The molecule has 2 fully saturated rings. The molecule has 18 heavy (non-hydrogen) atoms. The standard InChI is InChI=1S/C12H21N3O3/c1-2-18-12(17)10(13)11(16)15-7-6-14-5-3-4-9(14)8-15/h9-10H,2-8,13H2,1H3. The number of hydrogen-bond acceptors (Lipinski definition) is 5. The van der Waals surface area contributed by atoms with Gasteiger partial charge in [-0.25, -0.2) is 4.79 Å². The van der Waals surface area contributed by atoms with E-state index in [4.69, 9.17) is 10.5 Å². The van der Waals surface area contributed by atoms with Gasteiger partial charge in [-0.05, 0) is 26.3 Å². The van der Waals surface area contributed by atoms with Gasteiger partial charge in [0.05, 0.1) is 6.61 Å². The molecule has 2 aliphatic heterocycles. The van der Waals surface area contributed by atoms with Gasteiger partial charge in [-0.15, -0.1) is 0 Å². The van der Waals surface area contributed by atoms with E-state index in [9.17, 15) is 9.59 Å². The molecule has 0 aliphatic carbocycles. The highest BCUT2D eigenvalue weighted by atomic mass is 16.5. The highest BCUT2D eigenvalue weighted by molar-refractivity contribution is 6.01. The number of ether oxygens (including phenoxy) is 1. The van der Waals surface area contributed by atoms with Crippen molar-refractivity contribution in [2.75, 3.05) is 32.8 Å². The van der Waals surface area contributed by atoms with Crippen molar-refractivity contribution in [1.82, 2.24) is 9.80 Å². The Morgan fingerprint density at radius 1 is 1.39 bits per heavy atom. The van der Waals surface area contributed by atoms with Gasteiger partial charge < -0.3 is 15.4 Å². The van der Waals surface area contributed by atoms with Gasteiger partial charge in [0.25, 0.3) is 5.91 Å². The smallest absolute Gasteiger partial charge is 0.332 e. The lowest BCUT2D eigenvalue weighted by Gasteiger charge is -2.38. The average molecular weight is 255 g/mol. The summed E-state index contributed by atoms with van der Waals surface area (Å²) in [7, 11) is 0. The summed E-state index contributed by atoms with van der Waals surface area (Å²) in [5.41, 5.74) is 5.64. The molecule has 0 saturated carbocycles. The largest absolute Gasteiger partial charge is 0.464 e. The Hall–Kier alpha value is -1.14. The zero-order valence-electron chi connectivity index (χ0n) is 10.8. The van der Waals surface area contributed by atoms with Crippen LogP contribution in [0.25, 0.3) is 0 Å². The molecule has 0 spiro atoms. The molecule has 2 saturated heterocycles. The molecule has 2 rings (SSSR count). The van der Waals surface area contributed by atoms with E-state index in [0.29, 0.717) is 19.1 Å². The summed E-state index contributed by atoms with van der Waals surface area (Å²) < 4.78 is 4.78. The molecule has 2 aliphatic rings. The van der Waals surface area contributed by atoms with Gasteiger partial charge in [-0.1, -0.05) is 0 Å². The maximum Gasteiger partial charge on any atom is 0.332 e. The van der Waals surface area contributed by atoms with Crippen LogP contribution in [0.5, 0.6) is 0 Å². The van der Waals surface area contributed by atoms with E-state index in [1.165, 1.54) is 6.42 Å². The number of rotatable bonds is 3. The minimum atomic E-state index is -1.17. The van der Waals surface area contributed by atoms with Crippen LogP contribution >= 0.6 is 0 Å². The summed E-state index contributed by atoms with van der Waals surface area (Å²) in [5, 5.41) is 0. The summed E-state index contributed by atoms with van der Waals surface area (Å²) in [5.74, 6) is -0.934. The predicted octanol–water partition coefficient (Wildman–Crippen LogP) is -0.817. The average Bonchev–Trinajstić information content (AvgIpc) is 2.84. The fraction of sp³-hybridized carbons (Fsp3) is 0.833. The Labute approximate surface area is 107 Å². The van der Waals surface area contributed by atoms with Crippen molar-refractivity contribution < 1.29 is 14.3 Å². The van der Waals surface area contributed by atoms with Gasteiger partial charge in [0.15, 0.2) is 6.04 Å². The molecule has 2 unspecified atom stereocenters. The van der Waals surface area contributed by atoms with Crippen molar-refractivity contribution >= 4 is 11.9 Å². The number of carbonyl (C=O) groups excluding carboxylic acids is 2. The van der Waals surface area contributed by atoms with Crippen molar-refractivity contribution in [3.05, 3.63) is 0 Å². The number of nitrogens with two attached hydrogens (primary N) is 1. The molecule has 2 N–H and O–H groups in total. The van der Waals surface area contributed by atoms with Crippen LogP contribution in [-0.4, -0.2) is 66.5 Å². The van der Waals surface area contributed by atoms with E-state index in [0.717, 1.165) is 19.5 Å². The molecule has 0 aromatic carbocycles. The van der Waals surface area contributed by atoms with Gasteiger partial charge in [0.1, 0.15) is 0 Å². The number of esters is 1. The fourth-order valence-corrected chi connectivity index (χ4v) is 2.72.